The molecule has 0 aliphatic heterocycles. The minimum absolute atomic E-state index is 0. The first kappa shape index (κ1) is 29.8. The molecule has 0 saturated heterocycles. The van der Waals surface area contributed by atoms with Gasteiger partial charge in [0.2, 0.25) is 5.78 Å². The van der Waals surface area contributed by atoms with Crippen LogP contribution >= 0.6 is 0 Å². The Hall–Kier alpha value is -4.22. The number of nitrogens with one attached hydrogen (secondary N) is 1. The van der Waals surface area contributed by atoms with E-state index in [0.717, 1.165) is 0 Å². The number of hydrogen-bond donors (Lipinski definition) is 6. The molecule has 2 aromatic rings. The van der Waals surface area contributed by atoms with E-state index in [-0.39, 0.29) is 43.2 Å². The second-order valence-corrected chi connectivity index (χ2v) is 11.1. The van der Waals surface area contributed by atoms with Crippen LogP contribution in [0.15, 0.2) is 47.4 Å². The summed E-state index contributed by atoms with van der Waals surface area (Å²) in [5.74, 6) is -6.86. The molecule has 11 heteroatoms. The number of pyridine rings is 1. The van der Waals surface area contributed by atoms with E-state index in [9.17, 15) is 34.8 Å². The third kappa shape index (κ3) is 4.27. The van der Waals surface area contributed by atoms with Crippen LogP contribution in [0.5, 0.6) is 5.75 Å². The number of hydrogen-bond acceptors (Lipinski definition) is 10. The summed E-state index contributed by atoms with van der Waals surface area (Å²) in [5.41, 5.74) is 3.77. The molecular weight excluding hydrogens is 528 g/mol. The third-order valence-corrected chi connectivity index (χ3v) is 8.11. The minimum atomic E-state index is -2.68. The molecule has 3 aliphatic carbocycles. The van der Waals surface area contributed by atoms with Crippen molar-refractivity contribution in [2.45, 2.75) is 51.8 Å². The van der Waals surface area contributed by atoms with E-state index in [1.165, 1.54) is 4.90 Å². The maximum Gasteiger partial charge on any atom is 0.255 e. The van der Waals surface area contributed by atoms with Gasteiger partial charge in [0.1, 0.15) is 22.8 Å². The Morgan fingerprint density at radius 2 is 1.88 bits per heavy atom. The molecule has 1 aromatic carbocycles. The molecule has 0 spiro atoms. The molecule has 11 nitrogen and oxygen atoms in total. The van der Waals surface area contributed by atoms with Crippen LogP contribution in [0.4, 0.5) is 5.69 Å². The van der Waals surface area contributed by atoms with Crippen molar-refractivity contribution in [2.75, 3.05) is 19.4 Å². The predicted octanol–water partition coefficient (Wildman–Crippen LogP) is 2.48. The SMILES string of the molecule is C.CC(C)Nc1cc(-c2ccccn2)c2c(c1O)C(O)=C1C(=O)[C@]3(O)C(O)=C(C(N)=O)C(=O)[C@@H](N(C)C)[C@@H]3C[C@@H]1C2. The summed E-state index contributed by atoms with van der Waals surface area (Å²) >= 11 is 0. The summed E-state index contributed by atoms with van der Waals surface area (Å²) in [5, 5.41) is 48.8. The van der Waals surface area contributed by atoms with Crippen molar-refractivity contribution in [3.8, 4) is 17.0 Å². The van der Waals surface area contributed by atoms with Gasteiger partial charge in [-0.2, -0.15) is 0 Å². The molecule has 1 saturated carbocycles. The Kier molecular flexibility index (Phi) is 7.49. The zero-order valence-corrected chi connectivity index (χ0v) is 22.6. The largest absolute Gasteiger partial charge is 0.508 e. The minimum Gasteiger partial charge on any atom is -0.508 e. The highest BCUT2D eigenvalue weighted by Crippen LogP contribution is 2.54. The maximum atomic E-state index is 14.1. The summed E-state index contributed by atoms with van der Waals surface area (Å²) in [6.45, 7) is 3.76. The quantitative estimate of drug-likeness (QED) is 0.233. The van der Waals surface area contributed by atoms with E-state index in [4.69, 9.17) is 5.73 Å². The van der Waals surface area contributed by atoms with Gasteiger partial charge in [-0.15, -0.1) is 0 Å². The van der Waals surface area contributed by atoms with Crippen LogP contribution in [0.2, 0.25) is 0 Å². The number of carbonyl (C=O) groups excluding carboxylic acids is 3. The normalized spacial score (nSPS) is 25.5. The van der Waals surface area contributed by atoms with E-state index in [0.29, 0.717) is 22.5 Å². The number of anilines is 1. The van der Waals surface area contributed by atoms with E-state index in [1.54, 1.807) is 38.5 Å². The van der Waals surface area contributed by atoms with Gasteiger partial charge in [0.05, 0.1) is 23.0 Å². The maximum absolute atomic E-state index is 14.1. The molecular formula is C30H36N4O7. The first-order valence-electron chi connectivity index (χ1n) is 13.0. The molecule has 7 N–H and O–H groups in total. The molecule has 218 valence electrons. The molecule has 3 aliphatic rings. The average Bonchev–Trinajstić information content (AvgIpc) is 2.87. The lowest BCUT2D eigenvalue weighted by molar-refractivity contribution is -0.153. The van der Waals surface area contributed by atoms with Crippen molar-refractivity contribution in [1.29, 1.82) is 0 Å². The number of aliphatic hydroxyl groups is 3. The molecule has 1 amide bonds. The fourth-order valence-electron chi connectivity index (χ4n) is 6.48. The van der Waals surface area contributed by atoms with E-state index >= 15 is 0 Å². The average molecular weight is 565 g/mol. The van der Waals surface area contributed by atoms with Crippen LogP contribution in [-0.2, 0) is 20.8 Å². The number of aromatic nitrogens is 1. The Morgan fingerprint density at radius 1 is 1.20 bits per heavy atom. The number of ketones is 2. The van der Waals surface area contributed by atoms with Gasteiger partial charge in [-0.05, 0) is 70.5 Å². The summed E-state index contributed by atoms with van der Waals surface area (Å²) in [4.78, 5) is 45.4. The number of nitrogens with zero attached hydrogens (tertiary/aromatic N) is 2. The van der Waals surface area contributed by atoms with Crippen molar-refractivity contribution < 1.29 is 34.8 Å². The standard InChI is InChI=1S/C29H32N4O7.CH4/c1-12(2)32-18-11-14(17-7-5-6-8-31-17)15-9-13-10-16-22(33(3)4)25(36)21(28(30)39)27(38)29(16,40)26(37)19(13)24(35)20(15)23(18)34;/h5-8,11-13,16,22,32,34-35,38,40H,9-10H2,1-4H3,(H2,30,39);1H4/t13-,16-,22-,29-;/m0./s1. The zero-order chi connectivity index (χ0) is 29.3. The lowest BCUT2D eigenvalue weighted by atomic mass is 9.57. The van der Waals surface area contributed by atoms with Crippen molar-refractivity contribution >= 4 is 28.9 Å². The number of benzene rings is 1. The Balaban J connectivity index is 0.00000387. The van der Waals surface area contributed by atoms with Crippen LogP contribution in [0.1, 0.15) is 38.8 Å². The van der Waals surface area contributed by atoms with Gasteiger partial charge in [-0.25, -0.2) is 0 Å². The highest BCUT2D eigenvalue weighted by atomic mass is 16.3. The molecule has 5 rings (SSSR count). The van der Waals surface area contributed by atoms with Crippen LogP contribution in [-0.4, -0.2) is 79.6 Å². The first-order valence-corrected chi connectivity index (χ1v) is 13.0. The fourth-order valence-corrected chi connectivity index (χ4v) is 6.48. The Bertz CT molecular complexity index is 1510. The number of rotatable bonds is 5. The zero-order valence-electron chi connectivity index (χ0n) is 22.6. The van der Waals surface area contributed by atoms with Crippen LogP contribution in [0, 0.1) is 11.8 Å². The molecule has 1 heterocycles. The Labute approximate surface area is 238 Å². The Morgan fingerprint density at radius 3 is 2.44 bits per heavy atom. The van der Waals surface area contributed by atoms with E-state index in [1.807, 2.05) is 19.9 Å². The molecule has 4 atom stereocenters. The number of aromatic hydroxyl groups is 1. The molecule has 0 bridgehead atoms. The van der Waals surface area contributed by atoms with Crippen LogP contribution < -0.4 is 11.1 Å². The van der Waals surface area contributed by atoms with Gasteiger partial charge < -0.3 is 31.5 Å². The number of amides is 1. The molecule has 1 fully saturated rings. The monoisotopic (exact) mass is 564 g/mol. The van der Waals surface area contributed by atoms with E-state index < -0.39 is 58.0 Å². The molecule has 41 heavy (non-hydrogen) atoms. The second kappa shape index (κ2) is 10.3. The number of Topliss-reactive ketones (excluding diaryl/α,β-unsaturated/α-hetero) is 2. The van der Waals surface area contributed by atoms with Crippen molar-refractivity contribution in [2.24, 2.45) is 17.6 Å². The summed E-state index contributed by atoms with van der Waals surface area (Å²) in [6, 6.07) is 5.90. The lowest BCUT2D eigenvalue weighted by Gasteiger charge is -2.50. The highest BCUT2D eigenvalue weighted by Gasteiger charge is 2.64. The van der Waals surface area contributed by atoms with Gasteiger partial charge in [0.15, 0.2) is 11.4 Å². The van der Waals surface area contributed by atoms with Crippen molar-refractivity contribution in [3.63, 3.8) is 0 Å². The fraction of sp³-hybridized carbons (Fsp3) is 0.400. The predicted molar refractivity (Wildman–Crippen MR) is 153 cm³/mol. The smallest absolute Gasteiger partial charge is 0.255 e. The molecule has 1 aromatic heterocycles. The van der Waals surface area contributed by atoms with Crippen molar-refractivity contribution in [3.05, 3.63) is 58.5 Å². The summed E-state index contributed by atoms with van der Waals surface area (Å²) in [7, 11) is 3.13. The second-order valence-electron chi connectivity index (χ2n) is 11.1. The van der Waals surface area contributed by atoms with Crippen LogP contribution in [0.3, 0.4) is 0 Å². The molecule has 0 radical (unpaired) electrons. The van der Waals surface area contributed by atoms with Crippen LogP contribution in [0.25, 0.3) is 17.0 Å². The first-order chi connectivity index (χ1) is 18.8. The topological polar surface area (TPSA) is 186 Å². The van der Waals surface area contributed by atoms with E-state index in [2.05, 4.69) is 10.3 Å². The van der Waals surface area contributed by atoms with Crippen molar-refractivity contribution in [1.82, 2.24) is 9.88 Å². The molecule has 0 unspecified atom stereocenters. The third-order valence-electron chi connectivity index (χ3n) is 8.11. The van der Waals surface area contributed by atoms with Gasteiger partial charge in [-0.1, -0.05) is 13.5 Å². The van der Waals surface area contributed by atoms with Gasteiger partial charge >= 0.3 is 0 Å². The highest BCUT2D eigenvalue weighted by molar-refractivity contribution is 6.24. The van der Waals surface area contributed by atoms with Gasteiger partial charge in [0.25, 0.3) is 5.91 Å². The number of phenols is 1. The lowest BCUT2D eigenvalue weighted by Crippen LogP contribution is -2.65. The number of carbonyl (C=O) groups is 3. The number of phenolic OH excluding ortho intramolecular Hbond substituents is 1. The number of likely N-dealkylation sites (N-methyl/N-ethyl adjacent to an activating group) is 1. The number of fused-ring (bicyclic) bond motifs is 3. The summed E-state index contributed by atoms with van der Waals surface area (Å²) < 4.78 is 0. The summed E-state index contributed by atoms with van der Waals surface area (Å²) in [6.07, 6.45) is 1.81. The number of aliphatic hydroxyl groups excluding tert-OH is 2. The van der Waals surface area contributed by atoms with Gasteiger partial charge in [0, 0.05) is 29.3 Å². The number of nitrogens with two attached hydrogens (primary N) is 1. The van der Waals surface area contributed by atoms with Gasteiger partial charge in [-0.3, -0.25) is 24.3 Å². The number of primary amides is 1.